The number of alkyl halides is 3. The van der Waals surface area contributed by atoms with Gasteiger partial charge in [-0.2, -0.15) is 13.2 Å². The number of hydrogen-bond acceptors (Lipinski definition) is 3. The summed E-state index contributed by atoms with van der Waals surface area (Å²) in [7, 11) is 0. The van der Waals surface area contributed by atoms with Crippen LogP contribution in [-0.4, -0.2) is 21.3 Å². The van der Waals surface area contributed by atoms with Crippen molar-refractivity contribution in [3.8, 4) is 0 Å². The van der Waals surface area contributed by atoms with E-state index in [0.29, 0.717) is 6.42 Å². The summed E-state index contributed by atoms with van der Waals surface area (Å²) in [5.41, 5.74) is -1.74. The van der Waals surface area contributed by atoms with Gasteiger partial charge in [-0.05, 0) is 13.3 Å². The fourth-order valence-electron chi connectivity index (χ4n) is 1.14. The van der Waals surface area contributed by atoms with Gasteiger partial charge in [0.2, 0.25) is 0 Å². The number of aromatic nitrogens is 3. The second kappa shape index (κ2) is 4.00. The molecule has 1 rings (SSSR count). The Balaban J connectivity index is 3.29. The number of hydrogen-bond donors (Lipinski definition) is 0. The van der Waals surface area contributed by atoms with Crippen LogP contribution in [-0.2, 0) is 6.18 Å². The van der Waals surface area contributed by atoms with Crippen LogP contribution in [0.15, 0.2) is 0 Å². The number of carbonyl (C=O) groups excluding carboxylic acids is 1. The van der Waals surface area contributed by atoms with Crippen molar-refractivity contribution in [2.75, 3.05) is 0 Å². The number of halogens is 3. The summed E-state index contributed by atoms with van der Waals surface area (Å²) in [6.45, 7) is 3.31. The molecule has 0 aliphatic carbocycles. The van der Waals surface area contributed by atoms with Gasteiger partial charge in [0.05, 0.1) is 6.04 Å². The molecule has 1 unspecified atom stereocenters. The molecule has 0 aliphatic heterocycles. The molecule has 0 amide bonds. The number of nitrogens with zero attached hydrogens (tertiary/aromatic N) is 3. The Morgan fingerprint density at radius 1 is 1.53 bits per heavy atom. The minimum absolute atomic E-state index is 0.0642. The molecule has 0 spiro atoms. The first kappa shape index (κ1) is 11.7. The first-order chi connectivity index (χ1) is 6.91. The first-order valence-corrected chi connectivity index (χ1v) is 4.39. The molecule has 84 valence electrons. The normalized spacial score (nSPS) is 13.9. The Bertz CT molecular complexity index is 359. The molecule has 15 heavy (non-hydrogen) atoms. The van der Waals surface area contributed by atoms with Crippen molar-refractivity contribution in [3.63, 3.8) is 0 Å². The van der Waals surface area contributed by atoms with Crippen molar-refractivity contribution >= 4 is 6.29 Å². The van der Waals surface area contributed by atoms with E-state index in [2.05, 4.69) is 10.3 Å². The monoisotopic (exact) mass is 221 g/mol. The summed E-state index contributed by atoms with van der Waals surface area (Å²) in [5, 5.41) is 6.53. The zero-order chi connectivity index (χ0) is 11.6. The van der Waals surface area contributed by atoms with Gasteiger partial charge < -0.3 is 0 Å². The quantitative estimate of drug-likeness (QED) is 0.734. The number of rotatable bonds is 3. The molecule has 0 radical (unpaired) electrons. The fraction of sp³-hybridized carbons (Fsp3) is 0.625. The molecule has 1 atom stereocenters. The van der Waals surface area contributed by atoms with Crippen molar-refractivity contribution < 1.29 is 18.0 Å². The van der Waals surface area contributed by atoms with Crippen LogP contribution in [0.5, 0.6) is 0 Å². The summed E-state index contributed by atoms with van der Waals surface area (Å²) in [6.07, 6.45) is -4.07. The number of aldehydes is 1. The van der Waals surface area contributed by atoms with E-state index < -0.39 is 23.6 Å². The van der Waals surface area contributed by atoms with Crippen LogP contribution >= 0.6 is 0 Å². The molecule has 0 saturated carbocycles. The van der Waals surface area contributed by atoms with Crippen LogP contribution < -0.4 is 0 Å². The Morgan fingerprint density at radius 2 is 2.13 bits per heavy atom. The molecule has 1 aromatic heterocycles. The lowest BCUT2D eigenvalue weighted by Crippen LogP contribution is -2.19. The van der Waals surface area contributed by atoms with Crippen molar-refractivity contribution in [2.24, 2.45) is 0 Å². The van der Waals surface area contributed by atoms with Crippen LogP contribution in [0.3, 0.4) is 0 Å². The predicted molar refractivity (Wildman–Crippen MR) is 45.4 cm³/mol. The van der Waals surface area contributed by atoms with Gasteiger partial charge in [-0.3, -0.25) is 4.79 Å². The van der Waals surface area contributed by atoms with Crippen molar-refractivity contribution in [2.45, 2.75) is 32.5 Å². The highest BCUT2D eigenvalue weighted by Gasteiger charge is 2.40. The van der Waals surface area contributed by atoms with Gasteiger partial charge in [0.15, 0.2) is 17.7 Å². The van der Waals surface area contributed by atoms with Crippen LogP contribution in [0.1, 0.15) is 42.5 Å². The van der Waals surface area contributed by atoms with E-state index >= 15 is 0 Å². The average Bonchev–Trinajstić information content (AvgIpc) is 2.59. The molecule has 1 heterocycles. The fourth-order valence-corrected chi connectivity index (χ4v) is 1.14. The lowest BCUT2D eigenvalue weighted by molar-refractivity contribution is -0.145. The number of carbonyl (C=O) groups is 1. The highest BCUT2D eigenvalue weighted by Crippen LogP contribution is 2.32. The lowest BCUT2D eigenvalue weighted by Gasteiger charge is -2.14. The van der Waals surface area contributed by atoms with Gasteiger partial charge >= 0.3 is 6.18 Å². The Kier molecular flexibility index (Phi) is 3.11. The molecule has 0 saturated heterocycles. The smallest absolute Gasteiger partial charge is 0.296 e. The molecular weight excluding hydrogens is 211 g/mol. The minimum Gasteiger partial charge on any atom is -0.296 e. The average molecular weight is 221 g/mol. The largest absolute Gasteiger partial charge is 0.435 e. The summed E-state index contributed by atoms with van der Waals surface area (Å²) in [6, 6.07) is -0.442. The Hall–Kier alpha value is -1.40. The maximum absolute atomic E-state index is 12.6. The van der Waals surface area contributed by atoms with E-state index in [1.807, 2.05) is 0 Å². The summed E-state index contributed by atoms with van der Waals surface area (Å²) >= 11 is 0. The van der Waals surface area contributed by atoms with Gasteiger partial charge in [0, 0.05) is 0 Å². The SMILES string of the molecule is CCC(C)n1nnc(C=O)c1C(F)(F)F. The third kappa shape index (κ3) is 2.16. The van der Waals surface area contributed by atoms with Gasteiger partial charge in [-0.25, -0.2) is 4.68 Å². The van der Waals surface area contributed by atoms with Crippen molar-refractivity contribution in [1.29, 1.82) is 0 Å². The van der Waals surface area contributed by atoms with Crippen molar-refractivity contribution in [1.82, 2.24) is 15.0 Å². The molecule has 7 heteroatoms. The van der Waals surface area contributed by atoms with E-state index in [9.17, 15) is 18.0 Å². The molecule has 0 fully saturated rings. The Morgan fingerprint density at radius 3 is 2.53 bits per heavy atom. The zero-order valence-corrected chi connectivity index (χ0v) is 8.25. The summed E-state index contributed by atoms with van der Waals surface area (Å²) in [5.74, 6) is 0. The first-order valence-electron chi connectivity index (χ1n) is 4.39. The topological polar surface area (TPSA) is 47.8 Å². The van der Waals surface area contributed by atoms with Gasteiger partial charge in [0.1, 0.15) is 0 Å². The third-order valence-electron chi connectivity index (χ3n) is 2.11. The molecular formula is C8H10F3N3O. The summed E-state index contributed by atoms with van der Waals surface area (Å²) < 4.78 is 38.4. The highest BCUT2D eigenvalue weighted by atomic mass is 19.4. The van der Waals surface area contributed by atoms with Gasteiger partial charge in [-0.1, -0.05) is 12.1 Å². The molecule has 4 nitrogen and oxygen atoms in total. The standard InChI is InChI=1S/C8H10F3N3O/c1-3-5(2)14-7(8(9,10)11)6(4-15)12-13-14/h4-5H,3H2,1-2H3. The third-order valence-corrected chi connectivity index (χ3v) is 2.11. The molecule has 1 aromatic rings. The second-order valence-electron chi connectivity index (χ2n) is 3.14. The minimum atomic E-state index is -4.61. The van der Waals surface area contributed by atoms with E-state index in [0.717, 1.165) is 4.68 Å². The molecule has 0 aliphatic rings. The second-order valence-corrected chi connectivity index (χ2v) is 3.14. The highest BCUT2D eigenvalue weighted by molar-refractivity contribution is 5.73. The molecule has 0 N–H and O–H groups in total. The molecule has 0 aromatic carbocycles. The Labute approximate surface area is 84.1 Å². The van der Waals surface area contributed by atoms with Crippen molar-refractivity contribution in [3.05, 3.63) is 11.4 Å². The van der Waals surface area contributed by atoms with Crippen LogP contribution in [0, 0.1) is 0 Å². The zero-order valence-electron chi connectivity index (χ0n) is 8.25. The van der Waals surface area contributed by atoms with E-state index in [1.54, 1.807) is 13.8 Å². The predicted octanol–water partition coefficient (Wildman–Crippen LogP) is 2.08. The maximum atomic E-state index is 12.6. The lowest BCUT2D eigenvalue weighted by atomic mass is 10.2. The van der Waals surface area contributed by atoms with E-state index in [4.69, 9.17) is 0 Å². The van der Waals surface area contributed by atoms with E-state index in [-0.39, 0.29) is 6.29 Å². The van der Waals surface area contributed by atoms with Gasteiger partial charge in [-0.15, -0.1) is 5.10 Å². The van der Waals surface area contributed by atoms with Crippen LogP contribution in [0.2, 0.25) is 0 Å². The molecule has 0 bridgehead atoms. The van der Waals surface area contributed by atoms with Crippen LogP contribution in [0.4, 0.5) is 13.2 Å². The van der Waals surface area contributed by atoms with E-state index in [1.165, 1.54) is 0 Å². The maximum Gasteiger partial charge on any atom is 0.435 e. The summed E-state index contributed by atoms with van der Waals surface area (Å²) in [4.78, 5) is 10.4. The van der Waals surface area contributed by atoms with Gasteiger partial charge in [0.25, 0.3) is 0 Å². The van der Waals surface area contributed by atoms with Crippen LogP contribution in [0.25, 0.3) is 0 Å².